The quantitative estimate of drug-likeness (QED) is 0.535. The van der Waals surface area contributed by atoms with Crippen molar-refractivity contribution in [2.75, 3.05) is 13.7 Å². The van der Waals surface area contributed by atoms with E-state index in [1.165, 1.54) is 25.3 Å². The van der Waals surface area contributed by atoms with E-state index in [0.29, 0.717) is 23.7 Å². The number of carbonyl (C=O) groups excluding carboxylic acids is 2. The van der Waals surface area contributed by atoms with Crippen LogP contribution >= 0.6 is 0 Å². The zero-order chi connectivity index (χ0) is 20.3. The van der Waals surface area contributed by atoms with Crippen molar-refractivity contribution in [3.63, 3.8) is 0 Å². The number of hydrogen-bond donors (Lipinski definition) is 0. The van der Waals surface area contributed by atoms with E-state index in [1.807, 2.05) is 13.0 Å². The molecule has 0 spiro atoms. The monoisotopic (exact) mass is 379 g/mol. The first-order chi connectivity index (χ1) is 13.6. The molecule has 2 aromatic rings. The molecule has 3 rings (SSSR count). The molecule has 1 atom stereocenters. The Hall–Kier alpha value is -3.73. The third-order valence-corrected chi connectivity index (χ3v) is 4.49. The standard InChI is InChI=1S/C20H17N3O5/c1-3-28-17-11-12(7-8-16(17)27-2)15(9-10-21)23-19(24)13-5-4-6-14(22-26)18(13)20(23)25/h4-8,11,15H,3,9H2,1-2H3. The number of nitroso groups, excluding NO2 is 1. The van der Waals surface area contributed by atoms with Gasteiger partial charge < -0.3 is 9.47 Å². The van der Waals surface area contributed by atoms with Crippen LogP contribution in [-0.2, 0) is 0 Å². The van der Waals surface area contributed by atoms with E-state index >= 15 is 0 Å². The number of nitrogens with zero attached hydrogens (tertiary/aromatic N) is 3. The minimum absolute atomic E-state index is 0.0380. The van der Waals surface area contributed by atoms with Crippen LogP contribution in [0.5, 0.6) is 11.5 Å². The molecule has 0 saturated carbocycles. The molecule has 28 heavy (non-hydrogen) atoms. The normalized spacial score (nSPS) is 13.7. The number of rotatable bonds is 7. The summed E-state index contributed by atoms with van der Waals surface area (Å²) >= 11 is 0. The van der Waals surface area contributed by atoms with Crippen molar-refractivity contribution in [2.45, 2.75) is 19.4 Å². The van der Waals surface area contributed by atoms with Gasteiger partial charge in [0.1, 0.15) is 5.69 Å². The summed E-state index contributed by atoms with van der Waals surface area (Å²) in [6.45, 7) is 2.21. The van der Waals surface area contributed by atoms with Gasteiger partial charge in [0.2, 0.25) is 0 Å². The molecular formula is C20H17N3O5. The minimum atomic E-state index is -0.845. The Bertz CT molecular complexity index is 996. The van der Waals surface area contributed by atoms with E-state index in [4.69, 9.17) is 9.47 Å². The van der Waals surface area contributed by atoms with Crippen LogP contribution in [0.1, 0.15) is 45.7 Å². The summed E-state index contributed by atoms with van der Waals surface area (Å²) < 4.78 is 10.8. The number of fused-ring (bicyclic) bond motifs is 1. The fraction of sp³-hybridized carbons (Fsp3) is 0.250. The number of methoxy groups -OCH3 is 1. The average Bonchev–Trinajstić information content (AvgIpc) is 2.97. The Kier molecular flexibility index (Phi) is 5.36. The first-order valence-electron chi connectivity index (χ1n) is 8.59. The van der Waals surface area contributed by atoms with Crippen LogP contribution in [0.4, 0.5) is 5.69 Å². The van der Waals surface area contributed by atoms with Gasteiger partial charge in [-0.15, -0.1) is 4.91 Å². The third-order valence-electron chi connectivity index (χ3n) is 4.49. The van der Waals surface area contributed by atoms with Gasteiger partial charge in [-0.2, -0.15) is 5.26 Å². The van der Waals surface area contributed by atoms with Crippen molar-refractivity contribution in [2.24, 2.45) is 5.18 Å². The van der Waals surface area contributed by atoms with Gasteiger partial charge in [-0.05, 0) is 41.9 Å². The van der Waals surface area contributed by atoms with Crippen molar-refractivity contribution in [1.82, 2.24) is 4.90 Å². The van der Waals surface area contributed by atoms with E-state index in [2.05, 4.69) is 5.18 Å². The van der Waals surface area contributed by atoms with Crippen molar-refractivity contribution >= 4 is 17.5 Å². The summed E-state index contributed by atoms with van der Waals surface area (Å²) in [7, 11) is 1.50. The molecule has 142 valence electrons. The molecule has 1 heterocycles. The molecule has 8 heteroatoms. The van der Waals surface area contributed by atoms with E-state index in [9.17, 15) is 19.8 Å². The average molecular weight is 379 g/mol. The molecule has 0 saturated heterocycles. The zero-order valence-corrected chi connectivity index (χ0v) is 15.3. The van der Waals surface area contributed by atoms with Crippen LogP contribution in [0.25, 0.3) is 0 Å². The lowest BCUT2D eigenvalue weighted by Gasteiger charge is -2.25. The summed E-state index contributed by atoms with van der Waals surface area (Å²) in [5.74, 6) is -0.280. The lowest BCUT2D eigenvalue weighted by atomic mass is 10.0. The highest BCUT2D eigenvalue weighted by Gasteiger charge is 2.42. The van der Waals surface area contributed by atoms with E-state index < -0.39 is 17.9 Å². The molecule has 0 aliphatic carbocycles. The smallest absolute Gasteiger partial charge is 0.264 e. The third kappa shape index (κ3) is 3.07. The van der Waals surface area contributed by atoms with Gasteiger partial charge in [-0.25, -0.2) is 0 Å². The molecule has 0 bridgehead atoms. The van der Waals surface area contributed by atoms with Crippen LogP contribution in [0.15, 0.2) is 41.6 Å². The number of hydrogen-bond acceptors (Lipinski definition) is 7. The Labute approximate surface area is 161 Å². The first kappa shape index (κ1) is 19.0. The molecular weight excluding hydrogens is 362 g/mol. The summed E-state index contributed by atoms with van der Waals surface area (Å²) in [5, 5.41) is 12.1. The predicted octanol–water partition coefficient (Wildman–Crippen LogP) is 3.74. The van der Waals surface area contributed by atoms with Gasteiger partial charge in [-0.1, -0.05) is 12.1 Å². The second-order valence-electron chi connectivity index (χ2n) is 5.99. The van der Waals surface area contributed by atoms with Gasteiger partial charge in [0.05, 0.1) is 43.4 Å². The van der Waals surface area contributed by atoms with Gasteiger partial charge in [0, 0.05) is 0 Å². The van der Waals surface area contributed by atoms with Crippen molar-refractivity contribution in [3.05, 3.63) is 58.0 Å². The van der Waals surface area contributed by atoms with E-state index in [0.717, 1.165) is 4.90 Å². The summed E-state index contributed by atoms with van der Waals surface area (Å²) in [4.78, 5) is 37.9. The van der Waals surface area contributed by atoms with Gasteiger partial charge >= 0.3 is 0 Å². The fourth-order valence-corrected chi connectivity index (χ4v) is 3.26. The molecule has 1 unspecified atom stereocenters. The highest BCUT2D eigenvalue weighted by atomic mass is 16.5. The maximum atomic E-state index is 13.0. The maximum Gasteiger partial charge on any atom is 0.264 e. The number of imide groups is 1. The molecule has 2 aromatic carbocycles. The fourth-order valence-electron chi connectivity index (χ4n) is 3.26. The van der Waals surface area contributed by atoms with E-state index in [1.54, 1.807) is 18.2 Å². The Morgan fingerprint density at radius 1 is 1.18 bits per heavy atom. The Morgan fingerprint density at radius 3 is 2.61 bits per heavy atom. The van der Waals surface area contributed by atoms with Gasteiger partial charge in [-0.3, -0.25) is 14.5 Å². The number of amides is 2. The lowest BCUT2D eigenvalue weighted by molar-refractivity contribution is 0.0584. The molecule has 0 aromatic heterocycles. The van der Waals surface area contributed by atoms with Gasteiger partial charge in [0.25, 0.3) is 11.8 Å². The van der Waals surface area contributed by atoms with Crippen LogP contribution in [0, 0.1) is 16.2 Å². The minimum Gasteiger partial charge on any atom is -0.493 e. The van der Waals surface area contributed by atoms with Crippen LogP contribution in [0.3, 0.4) is 0 Å². The molecule has 2 amide bonds. The summed E-state index contributed by atoms with van der Waals surface area (Å²) in [6, 6.07) is 10.5. The number of carbonyl (C=O) groups is 2. The molecule has 0 fully saturated rings. The Balaban J connectivity index is 2.08. The molecule has 8 nitrogen and oxygen atoms in total. The second-order valence-corrected chi connectivity index (χ2v) is 5.99. The van der Waals surface area contributed by atoms with Crippen molar-refractivity contribution in [1.29, 1.82) is 5.26 Å². The van der Waals surface area contributed by atoms with Crippen LogP contribution in [0.2, 0.25) is 0 Å². The van der Waals surface area contributed by atoms with Crippen LogP contribution in [-0.4, -0.2) is 30.4 Å². The highest BCUT2D eigenvalue weighted by Crippen LogP contribution is 2.39. The van der Waals surface area contributed by atoms with Crippen LogP contribution < -0.4 is 9.47 Å². The predicted molar refractivity (Wildman–Crippen MR) is 99.5 cm³/mol. The lowest BCUT2D eigenvalue weighted by Crippen LogP contribution is -2.34. The molecule has 1 aliphatic rings. The summed E-state index contributed by atoms with van der Waals surface area (Å²) in [6.07, 6.45) is -0.118. The molecule has 0 N–H and O–H groups in total. The SMILES string of the molecule is CCOc1cc(C(CC#N)N2C(=O)c3cccc(N=O)c3C2=O)ccc1OC. The molecule has 0 radical (unpaired) electrons. The van der Waals surface area contributed by atoms with E-state index in [-0.39, 0.29) is 23.2 Å². The number of ether oxygens (including phenoxy) is 2. The zero-order valence-electron chi connectivity index (χ0n) is 15.3. The Morgan fingerprint density at radius 2 is 1.96 bits per heavy atom. The highest BCUT2D eigenvalue weighted by molar-refractivity contribution is 6.23. The number of benzene rings is 2. The van der Waals surface area contributed by atoms with Gasteiger partial charge in [0.15, 0.2) is 11.5 Å². The number of nitriles is 1. The first-order valence-corrected chi connectivity index (χ1v) is 8.59. The maximum absolute atomic E-state index is 13.0. The van der Waals surface area contributed by atoms with Crippen molar-refractivity contribution in [3.8, 4) is 17.6 Å². The second kappa shape index (κ2) is 7.88. The summed E-state index contributed by atoms with van der Waals surface area (Å²) in [5.41, 5.74) is 0.507. The topological polar surface area (TPSA) is 109 Å². The largest absolute Gasteiger partial charge is 0.493 e. The molecule has 1 aliphatic heterocycles. The van der Waals surface area contributed by atoms with Crippen molar-refractivity contribution < 1.29 is 19.1 Å².